The Labute approximate surface area is 116 Å². The molecule has 100 valence electrons. The number of benzene rings is 1. The number of amides is 1. The zero-order valence-electron chi connectivity index (χ0n) is 10.9. The second-order valence-corrected chi connectivity index (χ2v) is 4.81. The molecule has 0 spiro atoms. The third-order valence-corrected chi connectivity index (χ3v) is 2.84. The lowest BCUT2D eigenvalue weighted by Gasteiger charge is -2.10. The summed E-state index contributed by atoms with van der Waals surface area (Å²) < 4.78 is 0. The molecule has 5 nitrogen and oxygen atoms in total. The molecule has 0 saturated heterocycles. The van der Waals surface area contributed by atoms with E-state index < -0.39 is 0 Å². The minimum atomic E-state index is -0.113. The maximum atomic E-state index is 11.9. The first-order chi connectivity index (χ1) is 9.06. The highest BCUT2D eigenvalue weighted by atomic mass is 35.5. The van der Waals surface area contributed by atoms with Crippen molar-refractivity contribution in [2.45, 2.75) is 0 Å². The van der Waals surface area contributed by atoms with Crippen LogP contribution in [0.15, 0.2) is 24.4 Å². The van der Waals surface area contributed by atoms with Gasteiger partial charge in [0.05, 0.1) is 5.52 Å². The summed E-state index contributed by atoms with van der Waals surface area (Å²) in [5.41, 5.74) is 1.24. The molecule has 2 aromatic rings. The second-order valence-electron chi connectivity index (χ2n) is 4.47. The SMILES string of the molecule is CN(C)CCNC(=O)c1ccc2cnc(Cl)nc2c1. The smallest absolute Gasteiger partial charge is 0.251 e. The number of carbonyl (C=O) groups excluding carboxylic acids is 1. The molecular weight excluding hydrogens is 264 g/mol. The van der Waals surface area contributed by atoms with Gasteiger partial charge in [0.1, 0.15) is 0 Å². The van der Waals surface area contributed by atoms with Crippen molar-refractivity contribution in [3.8, 4) is 0 Å². The molecule has 0 saturated carbocycles. The van der Waals surface area contributed by atoms with Gasteiger partial charge in [0, 0.05) is 30.2 Å². The normalized spacial score (nSPS) is 10.9. The third-order valence-electron chi connectivity index (χ3n) is 2.66. The first-order valence-corrected chi connectivity index (χ1v) is 6.29. The molecule has 0 bridgehead atoms. The van der Waals surface area contributed by atoms with Crippen molar-refractivity contribution in [3.05, 3.63) is 35.2 Å². The highest BCUT2D eigenvalue weighted by molar-refractivity contribution is 6.28. The van der Waals surface area contributed by atoms with E-state index >= 15 is 0 Å². The monoisotopic (exact) mass is 278 g/mol. The van der Waals surface area contributed by atoms with E-state index in [0.717, 1.165) is 11.9 Å². The molecule has 2 rings (SSSR count). The predicted octanol–water partition coefficient (Wildman–Crippen LogP) is 1.57. The Bertz CT molecular complexity index is 600. The van der Waals surface area contributed by atoms with Gasteiger partial charge in [0.2, 0.25) is 5.28 Å². The van der Waals surface area contributed by atoms with Crippen LogP contribution in [0.5, 0.6) is 0 Å². The summed E-state index contributed by atoms with van der Waals surface area (Å²) in [5.74, 6) is -0.113. The van der Waals surface area contributed by atoms with Crippen LogP contribution >= 0.6 is 11.6 Å². The zero-order valence-corrected chi connectivity index (χ0v) is 11.6. The van der Waals surface area contributed by atoms with Crippen molar-refractivity contribution in [3.63, 3.8) is 0 Å². The molecule has 0 unspecified atom stereocenters. The number of rotatable bonds is 4. The van der Waals surface area contributed by atoms with Gasteiger partial charge < -0.3 is 10.2 Å². The van der Waals surface area contributed by atoms with Crippen LogP contribution in [-0.2, 0) is 0 Å². The Hall–Kier alpha value is -1.72. The number of nitrogens with zero attached hydrogens (tertiary/aromatic N) is 3. The molecule has 1 amide bonds. The highest BCUT2D eigenvalue weighted by Crippen LogP contribution is 2.14. The van der Waals surface area contributed by atoms with E-state index in [-0.39, 0.29) is 11.2 Å². The first-order valence-electron chi connectivity index (χ1n) is 5.91. The van der Waals surface area contributed by atoms with Gasteiger partial charge in [-0.25, -0.2) is 9.97 Å². The summed E-state index contributed by atoms with van der Waals surface area (Å²) in [5, 5.41) is 3.89. The molecule has 1 heterocycles. The summed E-state index contributed by atoms with van der Waals surface area (Å²) in [7, 11) is 3.92. The predicted molar refractivity (Wildman–Crippen MR) is 75.4 cm³/mol. The molecule has 1 aromatic heterocycles. The number of likely N-dealkylation sites (N-methyl/N-ethyl adjacent to an activating group) is 1. The lowest BCUT2D eigenvalue weighted by atomic mass is 10.1. The molecule has 0 fully saturated rings. The van der Waals surface area contributed by atoms with Crippen LogP contribution in [0.2, 0.25) is 5.28 Å². The van der Waals surface area contributed by atoms with E-state index in [1.54, 1.807) is 18.3 Å². The summed E-state index contributed by atoms with van der Waals surface area (Å²) >= 11 is 5.74. The lowest BCUT2D eigenvalue weighted by Crippen LogP contribution is -2.31. The molecule has 1 aromatic carbocycles. The van der Waals surface area contributed by atoms with Gasteiger partial charge in [0.25, 0.3) is 5.91 Å². The van der Waals surface area contributed by atoms with E-state index in [0.29, 0.717) is 17.6 Å². The second kappa shape index (κ2) is 5.95. The topological polar surface area (TPSA) is 58.1 Å². The fraction of sp³-hybridized carbons (Fsp3) is 0.308. The maximum Gasteiger partial charge on any atom is 0.251 e. The Morgan fingerprint density at radius 3 is 2.95 bits per heavy atom. The zero-order chi connectivity index (χ0) is 13.8. The van der Waals surface area contributed by atoms with Crippen LogP contribution in [0, 0.1) is 0 Å². The molecule has 0 aliphatic carbocycles. The fourth-order valence-corrected chi connectivity index (χ4v) is 1.78. The van der Waals surface area contributed by atoms with Crippen molar-refractivity contribution in [1.82, 2.24) is 20.2 Å². The fourth-order valence-electron chi connectivity index (χ4n) is 1.64. The van der Waals surface area contributed by atoms with Gasteiger partial charge in [-0.15, -0.1) is 0 Å². The van der Waals surface area contributed by atoms with Crippen LogP contribution in [0.25, 0.3) is 10.9 Å². The van der Waals surface area contributed by atoms with Crippen molar-refractivity contribution in [2.24, 2.45) is 0 Å². The van der Waals surface area contributed by atoms with Gasteiger partial charge >= 0.3 is 0 Å². The number of nitrogens with one attached hydrogen (secondary N) is 1. The van der Waals surface area contributed by atoms with E-state index in [4.69, 9.17) is 11.6 Å². The maximum absolute atomic E-state index is 11.9. The Balaban J connectivity index is 2.13. The summed E-state index contributed by atoms with van der Waals surface area (Å²) in [6.07, 6.45) is 1.64. The Morgan fingerprint density at radius 1 is 1.42 bits per heavy atom. The lowest BCUT2D eigenvalue weighted by molar-refractivity contribution is 0.0951. The molecular formula is C13H15ClN4O. The van der Waals surface area contributed by atoms with Crippen molar-refractivity contribution in [1.29, 1.82) is 0 Å². The molecule has 0 aliphatic rings. The quantitative estimate of drug-likeness (QED) is 0.863. The summed E-state index contributed by atoms with van der Waals surface area (Å²) in [6.45, 7) is 1.40. The van der Waals surface area contributed by atoms with E-state index in [1.165, 1.54) is 0 Å². The van der Waals surface area contributed by atoms with Gasteiger partial charge in [-0.1, -0.05) is 6.07 Å². The van der Waals surface area contributed by atoms with Crippen LogP contribution < -0.4 is 5.32 Å². The van der Waals surface area contributed by atoms with E-state index in [1.807, 2.05) is 25.1 Å². The number of fused-ring (bicyclic) bond motifs is 1. The minimum Gasteiger partial charge on any atom is -0.351 e. The Morgan fingerprint density at radius 2 is 2.21 bits per heavy atom. The van der Waals surface area contributed by atoms with Crippen LogP contribution in [0.4, 0.5) is 0 Å². The molecule has 6 heteroatoms. The third kappa shape index (κ3) is 3.62. The average molecular weight is 279 g/mol. The molecule has 0 radical (unpaired) electrons. The van der Waals surface area contributed by atoms with Crippen LogP contribution in [-0.4, -0.2) is 48.0 Å². The van der Waals surface area contributed by atoms with Gasteiger partial charge in [-0.3, -0.25) is 4.79 Å². The number of hydrogen-bond donors (Lipinski definition) is 1. The molecule has 0 atom stereocenters. The number of aromatic nitrogens is 2. The standard InChI is InChI=1S/C13H15ClN4O/c1-18(2)6-5-15-12(19)9-3-4-10-8-16-13(14)17-11(10)7-9/h3-4,7-8H,5-6H2,1-2H3,(H,15,19). The van der Waals surface area contributed by atoms with Gasteiger partial charge in [-0.2, -0.15) is 0 Å². The van der Waals surface area contributed by atoms with Crippen molar-refractivity contribution < 1.29 is 4.79 Å². The van der Waals surface area contributed by atoms with Crippen LogP contribution in [0.3, 0.4) is 0 Å². The molecule has 1 N–H and O–H groups in total. The van der Waals surface area contributed by atoms with Gasteiger partial charge in [-0.05, 0) is 37.8 Å². The first kappa shape index (κ1) is 13.7. The Kier molecular flexibility index (Phi) is 4.29. The summed E-state index contributed by atoms with van der Waals surface area (Å²) in [4.78, 5) is 21.9. The van der Waals surface area contributed by atoms with Crippen molar-refractivity contribution in [2.75, 3.05) is 27.2 Å². The average Bonchev–Trinajstić information content (AvgIpc) is 2.37. The largest absolute Gasteiger partial charge is 0.351 e. The molecule has 19 heavy (non-hydrogen) atoms. The minimum absolute atomic E-state index is 0.113. The molecule has 0 aliphatic heterocycles. The summed E-state index contributed by atoms with van der Waals surface area (Å²) in [6, 6.07) is 5.28. The van der Waals surface area contributed by atoms with E-state index in [9.17, 15) is 4.79 Å². The van der Waals surface area contributed by atoms with Crippen LogP contribution in [0.1, 0.15) is 10.4 Å². The van der Waals surface area contributed by atoms with Crippen molar-refractivity contribution >= 4 is 28.4 Å². The highest BCUT2D eigenvalue weighted by Gasteiger charge is 2.07. The van der Waals surface area contributed by atoms with Gasteiger partial charge in [0.15, 0.2) is 0 Å². The van der Waals surface area contributed by atoms with E-state index in [2.05, 4.69) is 15.3 Å². The number of hydrogen-bond acceptors (Lipinski definition) is 4. The number of halogens is 1. The number of carbonyl (C=O) groups is 1.